The zero-order valence-electron chi connectivity index (χ0n) is 16.2. The Balaban J connectivity index is 1.86. The Bertz CT molecular complexity index is 920. The second kappa shape index (κ2) is 9.37. The number of halogens is 2. The highest BCUT2D eigenvalue weighted by molar-refractivity contribution is 6.36. The van der Waals surface area contributed by atoms with E-state index in [1.165, 1.54) is 14.2 Å². The van der Waals surface area contributed by atoms with E-state index < -0.39 is 6.04 Å². The highest BCUT2D eigenvalue weighted by atomic mass is 35.5. The van der Waals surface area contributed by atoms with E-state index in [9.17, 15) is 9.59 Å². The minimum Gasteiger partial charge on any atom is -0.493 e. The van der Waals surface area contributed by atoms with Gasteiger partial charge in [-0.15, -0.1) is 0 Å². The third-order valence-electron chi connectivity index (χ3n) is 4.89. The van der Waals surface area contributed by atoms with Crippen molar-refractivity contribution in [3.05, 3.63) is 52.0 Å². The molecule has 29 heavy (non-hydrogen) atoms. The van der Waals surface area contributed by atoms with Gasteiger partial charge in [0.05, 0.1) is 30.5 Å². The number of nitrogens with zero attached hydrogens (tertiary/aromatic N) is 1. The van der Waals surface area contributed by atoms with E-state index in [0.717, 1.165) is 12.8 Å². The number of rotatable bonds is 5. The molecule has 154 valence electrons. The first kappa shape index (κ1) is 21.3. The molecule has 2 aromatic carbocycles. The summed E-state index contributed by atoms with van der Waals surface area (Å²) in [5, 5.41) is 3.64. The second-order valence-electron chi connectivity index (χ2n) is 6.66. The molecule has 0 bridgehead atoms. The first-order chi connectivity index (χ1) is 14.0. The van der Waals surface area contributed by atoms with Crippen molar-refractivity contribution in [1.29, 1.82) is 0 Å². The van der Waals surface area contributed by atoms with Gasteiger partial charge in [0.2, 0.25) is 5.91 Å². The molecule has 2 amide bonds. The van der Waals surface area contributed by atoms with Crippen molar-refractivity contribution in [3.63, 3.8) is 0 Å². The Kier molecular flexibility index (Phi) is 6.87. The van der Waals surface area contributed by atoms with E-state index in [1.54, 1.807) is 41.3 Å². The summed E-state index contributed by atoms with van der Waals surface area (Å²) in [4.78, 5) is 27.9. The topological polar surface area (TPSA) is 67.9 Å². The number of carbonyl (C=O) groups is 2. The van der Waals surface area contributed by atoms with Crippen LogP contribution in [-0.2, 0) is 4.79 Å². The van der Waals surface area contributed by atoms with Gasteiger partial charge in [0.1, 0.15) is 6.04 Å². The Labute approximate surface area is 179 Å². The maximum Gasteiger partial charge on any atom is 0.258 e. The predicted octanol–water partition coefficient (Wildman–Crippen LogP) is 4.64. The van der Waals surface area contributed by atoms with Crippen LogP contribution in [0.2, 0.25) is 10.0 Å². The van der Waals surface area contributed by atoms with Crippen LogP contribution in [0.25, 0.3) is 0 Å². The lowest BCUT2D eigenvalue weighted by atomic mass is 9.99. The van der Waals surface area contributed by atoms with Gasteiger partial charge in [-0.05, 0) is 49.6 Å². The first-order valence-electron chi connectivity index (χ1n) is 9.24. The molecule has 1 saturated heterocycles. The van der Waals surface area contributed by atoms with Crippen LogP contribution in [0, 0.1) is 0 Å². The maximum atomic E-state index is 13.3. The molecule has 0 saturated carbocycles. The van der Waals surface area contributed by atoms with Gasteiger partial charge in [0.15, 0.2) is 11.5 Å². The summed E-state index contributed by atoms with van der Waals surface area (Å²) in [6.45, 7) is 0.478. The van der Waals surface area contributed by atoms with E-state index in [2.05, 4.69) is 5.32 Å². The van der Waals surface area contributed by atoms with Crippen molar-refractivity contribution in [3.8, 4) is 11.5 Å². The third-order valence-corrected chi connectivity index (χ3v) is 5.44. The van der Waals surface area contributed by atoms with E-state index in [-0.39, 0.29) is 11.8 Å². The van der Waals surface area contributed by atoms with Crippen LogP contribution in [0.5, 0.6) is 11.5 Å². The van der Waals surface area contributed by atoms with Crippen molar-refractivity contribution >= 4 is 40.7 Å². The van der Waals surface area contributed by atoms with Crippen molar-refractivity contribution in [1.82, 2.24) is 4.90 Å². The Hall–Kier alpha value is -2.44. The van der Waals surface area contributed by atoms with Crippen LogP contribution >= 0.6 is 23.2 Å². The van der Waals surface area contributed by atoms with Crippen LogP contribution in [-0.4, -0.2) is 43.5 Å². The zero-order valence-corrected chi connectivity index (χ0v) is 17.7. The Morgan fingerprint density at radius 2 is 1.90 bits per heavy atom. The number of likely N-dealkylation sites (tertiary alicyclic amines) is 1. The lowest BCUT2D eigenvalue weighted by Gasteiger charge is -2.35. The molecule has 0 aliphatic carbocycles. The summed E-state index contributed by atoms with van der Waals surface area (Å²) in [6.07, 6.45) is 2.24. The molecule has 1 unspecified atom stereocenters. The predicted molar refractivity (Wildman–Crippen MR) is 113 cm³/mol. The molecular formula is C21H22Cl2N2O4. The van der Waals surface area contributed by atoms with Crippen molar-refractivity contribution in [2.45, 2.75) is 25.3 Å². The summed E-state index contributed by atoms with van der Waals surface area (Å²) in [5.41, 5.74) is 0.814. The molecule has 1 N–H and O–H groups in total. The van der Waals surface area contributed by atoms with E-state index >= 15 is 0 Å². The number of carbonyl (C=O) groups excluding carboxylic acids is 2. The van der Waals surface area contributed by atoms with Gasteiger partial charge >= 0.3 is 0 Å². The van der Waals surface area contributed by atoms with Gasteiger partial charge in [0.25, 0.3) is 5.91 Å². The van der Waals surface area contributed by atoms with Crippen LogP contribution < -0.4 is 14.8 Å². The fourth-order valence-electron chi connectivity index (χ4n) is 3.46. The highest BCUT2D eigenvalue weighted by Crippen LogP contribution is 2.33. The van der Waals surface area contributed by atoms with Gasteiger partial charge in [-0.2, -0.15) is 0 Å². The molecule has 6 nitrogen and oxygen atoms in total. The average Bonchev–Trinajstić information content (AvgIpc) is 2.74. The SMILES string of the molecule is COc1cccc(C(=O)N2CCCCC2C(=O)Nc2ccc(Cl)cc2Cl)c1OC. The van der Waals surface area contributed by atoms with Gasteiger partial charge in [-0.25, -0.2) is 0 Å². The molecule has 1 atom stereocenters. The second-order valence-corrected chi connectivity index (χ2v) is 7.51. The number of hydrogen-bond acceptors (Lipinski definition) is 4. The molecule has 1 aliphatic rings. The number of benzene rings is 2. The van der Waals surface area contributed by atoms with Crippen molar-refractivity contribution < 1.29 is 19.1 Å². The number of para-hydroxylation sites is 1. The molecule has 0 aromatic heterocycles. The zero-order chi connectivity index (χ0) is 21.0. The van der Waals surface area contributed by atoms with Gasteiger partial charge < -0.3 is 19.7 Å². The van der Waals surface area contributed by atoms with Gasteiger partial charge in [-0.1, -0.05) is 29.3 Å². The average molecular weight is 437 g/mol. The van der Waals surface area contributed by atoms with Gasteiger partial charge in [-0.3, -0.25) is 9.59 Å². The summed E-state index contributed by atoms with van der Waals surface area (Å²) in [7, 11) is 3.00. The van der Waals surface area contributed by atoms with Crippen molar-refractivity contribution in [2.24, 2.45) is 0 Å². The quantitative estimate of drug-likeness (QED) is 0.740. The maximum absolute atomic E-state index is 13.3. The van der Waals surface area contributed by atoms with Crippen LogP contribution in [0.1, 0.15) is 29.6 Å². The summed E-state index contributed by atoms with van der Waals surface area (Å²) < 4.78 is 10.7. The summed E-state index contributed by atoms with van der Waals surface area (Å²) in [6, 6.07) is 9.35. The van der Waals surface area contributed by atoms with Crippen molar-refractivity contribution in [2.75, 3.05) is 26.1 Å². The van der Waals surface area contributed by atoms with Crippen LogP contribution in [0.15, 0.2) is 36.4 Å². The number of piperidine rings is 1. The normalized spacial score (nSPS) is 16.3. The van der Waals surface area contributed by atoms with E-state index in [0.29, 0.717) is 45.8 Å². The number of nitrogens with one attached hydrogen (secondary N) is 1. The molecule has 1 aliphatic heterocycles. The first-order valence-corrected chi connectivity index (χ1v) is 9.99. The van der Waals surface area contributed by atoms with Gasteiger partial charge in [0, 0.05) is 11.6 Å². The smallest absolute Gasteiger partial charge is 0.258 e. The summed E-state index contributed by atoms with van der Waals surface area (Å²) in [5.74, 6) is 0.252. The molecule has 2 aromatic rings. The molecule has 0 radical (unpaired) electrons. The summed E-state index contributed by atoms with van der Waals surface area (Å²) >= 11 is 12.1. The fourth-order valence-corrected chi connectivity index (χ4v) is 3.92. The molecule has 3 rings (SSSR count). The fraction of sp³-hybridized carbons (Fsp3) is 0.333. The van der Waals surface area contributed by atoms with E-state index in [1.807, 2.05) is 0 Å². The number of amides is 2. The van der Waals surface area contributed by atoms with Crippen LogP contribution in [0.4, 0.5) is 5.69 Å². The number of hydrogen-bond donors (Lipinski definition) is 1. The largest absolute Gasteiger partial charge is 0.493 e. The molecule has 1 fully saturated rings. The lowest BCUT2D eigenvalue weighted by molar-refractivity contribution is -0.121. The van der Waals surface area contributed by atoms with Crippen LogP contribution in [0.3, 0.4) is 0 Å². The molecule has 1 heterocycles. The minimum atomic E-state index is -0.612. The third kappa shape index (κ3) is 4.60. The monoisotopic (exact) mass is 436 g/mol. The number of methoxy groups -OCH3 is 2. The van der Waals surface area contributed by atoms with E-state index in [4.69, 9.17) is 32.7 Å². The Morgan fingerprint density at radius 1 is 1.10 bits per heavy atom. The highest BCUT2D eigenvalue weighted by Gasteiger charge is 2.34. The molecular weight excluding hydrogens is 415 g/mol. The standard InChI is InChI=1S/C21H22Cl2N2O4/c1-28-18-8-5-6-14(19(18)29-2)21(27)25-11-4-3-7-17(25)20(26)24-16-10-9-13(22)12-15(16)23/h5-6,8-10,12,17H,3-4,7,11H2,1-2H3,(H,24,26). The molecule has 8 heteroatoms. The molecule has 0 spiro atoms. The lowest BCUT2D eigenvalue weighted by Crippen LogP contribution is -2.50. The number of anilines is 1. The Morgan fingerprint density at radius 3 is 2.59 bits per heavy atom. The minimum absolute atomic E-state index is 0.275. The number of ether oxygens (including phenoxy) is 2.